The fourth-order valence-electron chi connectivity index (χ4n) is 3.11. The number of Topliss-reactive ketones (excluding diaryl/α,β-unsaturated/α-hetero) is 1. The third kappa shape index (κ3) is 6.44. The number of likely N-dealkylation sites (tertiary alicyclic amines) is 1. The summed E-state index contributed by atoms with van der Waals surface area (Å²) in [5, 5.41) is 5.94. The van der Waals surface area contributed by atoms with Crippen LogP contribution in [0.4, 0.5) is 0 Å². The Labute approximate surface area is 135 Å². The molecule has 0 radical (unpaired) electrons. The van der Waals surface area contributed by atoms with Crippen molar-refractivity contribution in [2.75, 3.05) is 26.7 Å². The molecular weight excluding hydrogens is 278 g/mol. The van der Waals surface area contributed by atoms with Crippen LogP contribution in [0.2, 0.25) is 0 Å². The Bertz CT molecular complexity index is 352. The number of carbonyl (C=O) groups excluding carboxylic acids is 2. The highest BCUT2D eigenvalue weighted by Crippen LogP contribution is 2.10. The maximum atomic E-state index is 12.3. The zero-order valence-corrected chi connectivity index (χ0v) is 14.7. The van der Waals surface area contributed by atoms with Crippen molar-refractivity contribution in [3.63, 3.8) is 0 Å². The van der Waals surface area contributed by atoms with Gasteiger partial charge in [0, 0.05) is 0 Å². The highest BCUT2D eigenvalue weighted by atomic mass is 16.2. The molecule has 0 spiro atoms. The summed E-state index contributed by atoms with van der Waals surface area (Å²) in [7, 11) is 1.78. The van der Waals surface area contributed by atoms with Gasteiger partial charge in [0.05, 0.1) is 12.1 Å². The molecule has 0 aromatic rings. The molecule has 1 fully saturated rings. The highest BCUT2D eigenvalue weighted by Gasteiger charge is 2.24. The molecule has 1 rings (SSSR count). The number of hydrogen-bond donors (Lipinski definition) is 2. The number of rotatable bonds is 9. The van der Waals surface area contributed by atoms with Gasteiger partial charge in [-0.15, -0.1) is 0 Å². The first-order valence-electron chi connectivity index (χ1n) is 8.66. The fraction of sp³-hybridized carbons (Fsp3) is 0.882. The quantitative estimate of drug-likeness (QED) is 0.678. The number of likely N-dealkylation sites (N-methyl/N-ethyl adjacent to an activating group) is 1. The van der Waals surface area contributed by atoms with Crippen LogP contribution in [0.3, 0.4) is 0 Å². The van der Waals surface area contributed by atoms with E-state index in [0.29, 0.717) is 0 Å². The molecule has 1 heterocycles. The lowest BCUT2D eigenvalue weighted by atomic mass is 10.0. The first-order chi connectivity index (χ1) is 10.5. The Kier molecular flexibility index (Phi) is 8.64. The second-order valence-electron chi connectivity index (χ2n) is 6.73. The van der Waals surface area contributed by atoms with Crippen LogP contribution in [0.1, 0.15) is 52.9 Å². The molecule has 0 aliphatic carbocycles. The molecule has 2 atom stereocenters. The molecule has 1 aliphatic heterocycles. The number of ketones is 1. The molecule has 1 saturated heterocycles. The summed E-state index contributed by atoms with van der Waals surface area (Å²) in [6.07, 6.45) is 5.59. The van der Waals surface area contributed by atoms with Crippen LogP contribution >= 0.6 is 0 Å². The van der Waals surface area contributed by atoms with E-state index in [9.17, 15) is 9.59 Å². The van der Waals surface area contributed by atoms with Gasteiger partial charge in [0.1, 0.15) is 0 Å². The maximum absolute atomic E-state index is 12.3. The number of carbonyl (C=O) groups is 2. The standard InChI is InChI=1S/C17H33N3O2/c1-13(2)16(18-4)17(22)19-15(14(3)21)9-8-12-20-10-6-5-7-11-20/h13,15-16,18H,5-12H2,1-4H3,(H,19,22)/t15-,16-/m0/s1. The average molecular weight is 311 g/mol. The van der Waals surface area contributed by atoms with Crippen LogP contribution < -0.4 is 10.6 Å². The van der Waals surface area contributed by atoms with Crippen LogP contribution in [0.15, 0.2) is 0 Å². The Morgan fingerprint density at radius 3 is 2.27 bits per heavy atom. The van der Waals surface area contributed by atoms with Gasteiger partial charge in [-0.25, -0.2) is 0 Å². The van der Waals surface area contributed by atoms with Crippen LogP contribution in [0.5, 0.6) is 0 Å². The zero-order valence-electron chi connectivity index (χ0n) is 14.7. The van der Waals surface area contributed by atoms with Gasteiger partial charge in [-0.1, -0.05) is 20.3 Å². The zero-order chi connectivity index (χ0) is 16.5. The number of nitrogens with one attached hydrogen (secondary N) is 2. The molecule has 0 saturated carbocycles. The van der Waals surface area contributed by atoms with E-state index in [1.807, 2.05) is 13.8 Å². The lowest BCUT2D eigenvalue weighted by Gasteiger charge is -2.27. The molecule has 1 aliphatic rings. The molecule has 22 heavy (non-hydrogen) atoms. The van der Waals surface area contributed by atoms with Crippen molar-refractivity contribution >= 4 is 11.7 Å². The van der Waals surface area contributed by atoms with Crippen molar-refractivity contribution in [1.82, 2.24) is 15.5 Å². The summed E-state index contributed by atoms with van der Waals surface area (Å²) in [6, 6.07) is -0.601. The second kappa shape index (κ2) is 9.95. The molecule has 5 nitrogen and oxygen atoms in total. The molecule has 2 N–H and O–H groups in total. The third-order valence-corrected chi connectivity index (χ3v) is 4.48. The van der Waals surface area contributed by atoms with Crippen LogP contribution in [0.25, 0.3) is 0 Å². The van der Waals surface area contributed by atoms with E-state index in [1.165, 1.54) is 32.4 Å². The Morgan fingerprint density at radius 2 is 1.77 bits per heavy atom. The largest absolute Gasteiger partial charge is 0.345 e. The third-order valence-electron chi connectivity index (χ3n) is 4.48. The molecule has 0 unspecified atom stereocenters. The predicted octanol–water partition coefficient (Wildman–Crippen LogP) is 1.57. The van der Waals surface area contributed by atoms with Gasteiger partial charge in [0.25, 0.3) is 0 Å². The molecular formula is C17H33N3O2. The smallest absolute Gasteiger partial charge is 0.237 e. The van der Waals surface area contributed by atoms with Crippen molar-refractivity contribution in [3.05, 3.63) is 0 Å². The van der Waals surface area contributed by atoms with E-state index in [4.69, 9.17) is 0 Å². The summed E-state index contributed by atoms with van der Waals surface area (Å²) >= 11 is 0. The summed E-state index contributed by atoms with van der Waals surface area (Å²) in [5.74, 6) is 0.173. The Hall–Kier alpha value is -0.940. The van der Waals surface area contributed by atoms with Crippen LogP contribution in [-0.4, -0.2) is 55.4 Å². The minimum atomic E-state index is -0.355. The van der Waals surface area contributed by atoms with E-state index < -0.39 is 0 Å². The first-order valence-corrected chi connectivity index (χ1v) is 8.66. The van der Waals surface area contributed by atoms with E-state index in [1.54, 1.807) is 14.0 Å². The van der Waals surface area contributed by atoms with Crippen molar-refractivity contribution in [2.24, 2.45) is 5.92 Å². The SMILES string of the molecule is CN[C@H](C(=O)N[C@@H](CCCN1CCCCC1)C(C)=O)C(C)C. The molecule has 0 aromatic heterocycles. The molecule has 128 valence electrons. The van der Waals surface area contributed by atoms with E-state index >= 15 is 0 Å². The second-order valence-corrected chi connectivity index (χ2v) is 6.73. The van der Waals surface area contributed by atoms with Crippen molar-refractivity contribution in [3.8, 4) is 0 Å². The van der Waals surface area contributed by atoms with Crippen molar-refractivity contribution in [1.29, 1.82) is 0 Å². The summed E-state index contributed by atoms with van der Waals surface area (Å²) < 4.78 is 0. The van der Waals surface area contributed by atoms with Gasteiger partial charge in [-0.2, -0.15) is 0 Å². The molecule has 0 aromatic carbocycles. The lowest BCUT2D eigenvalue weighted by molar-refractivity contribution is -0.129. The normalized spacial score (nSPS) is 19.0. The summed E-state index contributed by atoms with van der Waals surface area (Å²) in [6.45, 7) is 8.94. The fourth-order valence-corrected chi connectivity index (χ4v) is 3.11. The Morgan fingerprint density at radius 1 is 1.14 bits per heavy atom. The maximum Gasteiger partial charge on any atom is 0.237 e. The Balaban J connectivity index is 2.40. The molecule has 0 bridgehead atoms. The summed E-state index contributed by atoms with van der Waals surface area (Å²) in [4.78, 5) is 26.5. The van der Waals surface area contributed by atoms with Crippen molar-refractivity contribution < 1.29 is 9.59 Å². The number of piperidine rings is 1. The van der Waals surface area contributed by atoms with Gasteiger partial charge in [-0.05, 0) is 65.2 Å². The topological polar surface area (TPSA) is 61.4 Å². The molecule has 1 amide bonds. The van der Waals surface area contributed by atoms with Crippen molar-refractivity contribution in [2.45, 2.75) is 65.0 Å². The van der Waals surface area contributed by atoms with E-state index in [-0.39, 0.29) is 29.7 Å². The van der Waals surface area contributed by atoms with Crippen LogP contribution in [-0.2, 0) is 9.59 Å². The lowest BCUT2D eigenvalue weighted by Crippen LogP contribution is -2.51. The van der Waals surface area contributed by atoms with Gasteiger partial charge < -0.3 is 15.5 Å². The van der Waals surface area contributed by atoms with E-state index in [2.05, 4.69) is 15.5 Å². The van der Waals surface area contributed by atoms with Gasteiger partial charge in [0.2, 0.25) is 5.91 Å². The minimum absolute atomic E-state index is 0.0469. The number of nitrogens with zero attached hydrogens (tertiary/aromatic N) is 1. The highest BCUT2D eigenvalue weighted by molar-refractivity contribution is 5.89. The van der Waals surface area contributed by atoms with E-state index in [0.717, 1.165) is 19.4 Å². The average Bonchev–Trinajstić information content (AvgIpc) is 2.47. The predicted molar refractivity (Wildman–Crippen MR) is 89.8 cm³/mol. The summed E-state index contributed by atoms with van der Waals surface area (Å²) in [5.41, 5.74) is 0. The minimum Gasteiger partial charge on any atom is -0.345 e. The van der Waals surface area contributed by atoms with Gasteiger partial charge in [-0.3, -0.25) is 9.59 Å². The first kappa shape index (κ1) is 19.1. The van der Waals surface area contributed by atoms with Crippen LogP contribution in [0, 0.1) is 5.92 Å². The van der Waals surface area contributed by atoms with Gasteiger partial charge >= 0.3 is 0 Å². The van der Waals surface area contributed by atoms with Gasteiger partial charge in [0.15, 0.2) is 5.78 Å². The number of hydrogen-bond acceptors (Lipinski definition) is 4. The number of amides is 1. The monoisotopic (exact) mass is 311 g/mol. The molecule has 5 heteroatoms.